The summed E-state index contributed by atoms with van der Waals surface area (Å²) in [5.41, 5.74) is 2.41. The molecule has 26 heavy (non-hydrogen) atoms. The van der Waals surface area contributed by atoms with Crippen LogP contribution in [0.3, 0.4) is 0 Å². The normalized spacial score (nSPS) is 17.9. The van der Waals surface area contributed by atoms with Gasteiger partial charge in [0.1, 0.15) is 13.2 Å². The van der Waals surface area contributed by atoms with E-state index in [0.29, 0.717) is 19.8 Å². The maximum atomic E-state index is 12.3. The smallest absolute Gasteiger partial charge is 0.315 e. The van der Waals surface area contributed by atoms with Gasteiger partial charge in [0.05, 0.1) is 6.04 Å². The molecule has 2 N–H and O–H groups in total. The molecular weight excluding hydrogens is 328 g/mol. The lowest BCUT2D eigenvalue weighted by molar-refractivity contribution is 0.171. The fourth-order valence-corrected chi connectivity index (χ4v) is 3.42. The quantitative estimate of drug-likeness (QED) is 0.865. The SMILES string of the molecule is CC(NC(=O)NCC1(c2ccccc2)CC1)c1ccc2c(c1)OCCO2. The van der Waals surface area contributed by atoms with Gasteiger partial charge < -0.3 is 20.1 Å². The molecule has 1 fully saturated rings. The highest BCUT2D eigenvalue weighted by Gasteiger charge is 2.44. The number of fused-ring (bicyclic) bond motifs is 1. The van der Waals surface area contributed by atoms with E-state index in [4.69, 9.17) is 9.47 Å². The average molecular weight is 352 g/mol. The Morgan fingerprint density at radius 1 is 1.08 bits per heavy atom. The number of nitrogens with one attached hydrogen (secondary N) is 2. The molecule has 2 aliphatic rings. The monoisotopic (exact) mass is 352 g/mol. The molecule has 2 aromatic carbocycles. The number of urea groups is 1. The van der Waals surface area contributed by atoms with E-state index in [9.17, 15) is 4.79 Å². The van der Waals surface area contributed by atoms with Gasteiger partial charge in [-0.3, -0.25) is 0 Å². The lowest BCUT2D eigenvalue weighted by Crippen LogP contribution is -2.40. The van der Waals surface area contributed by atoms with E-state index >= 15 is 0 Å². The van der Waals surface area contributed by atoms with Crippen LogP contribution in [0.2, 0.25) is 0 Å². The molecule has 1 aliphatic heterocycles. The summed E-state index contributed by atoms with van der Waals surface area (Å²) in [6.07, 6.45) is 2.24. The first-order valence-corrected chi connectivity index (χ1v) is 9.16. The second-order valence-electron chi connectivity index (χ2n) is 7.10. The van der Waals surface area contributed by atoms with E-state index < -0.39 is 0 Å². The second-order valence-corrected chi connectivity index (χ2v) is 7.10. The highest BCUT2D eigenvalue weighted by atomic mass is 16.6. The molecule has 136 valence electrons. The molecule has 2 amide bonds. The minimum absolute atomic E-state index is 0.110. The van der Waals surface area contributed by atoms with Gasteiger partial charge in [-0.1, -0.05) is 36.4 Å². The summed E-state index contributed by atoms with van der Waals surface area (Å²) >= 11 is 0. The van der Waals surface area contributed by atoms with Crippen LogP contribution in [0.1, 0.15) is 36.9 Å². The minimum atomic E-state index is -0.144. The first-order valence-electron chi connectivity index (χ1n) is 9.16. The molecule has 0 aromatic heterocycles. The fraction of sp³-hybridized carbons (Fsp3) is 0.381. The van der Waals surface area contributed by atoms with Crippen molar-refractivity contribution < 1.29 is 14.3 Å². The van der Waals surface area contributed by atoms with Crippen LogP contribution in [-0.2, 0) is 5.41 Å². The van der Waals surface area contributed by atoms with Crippen molar-refractivity contribution in [1.29, 1.82) is 0 Å². The number of benzene rings is 2. The average Bonchev–Trinajstić information content (AvgIpc) is 3.48. The molecule has 5 nitrogen and oxygen atoms in total. The van der Waals surface area contributed by atoms with Gasteiger partial charge >= 0.3 is 6.03 Å². The largest absolute Gasteiger partial charge is 0.486 e. The van der Waals surface area contributed by atoms with Crippen LogP contribution in [-0.4, -0.2) is 25.8 Å². The van der Waals surface area contributed by atoms with Gasteiger partial charge in [-0.05, 0) is 43.0 Å². The van der Waals surface area contributed by atoms with Crippen LogP contribution in [0.25, 0.3) is 0 Å². The van der Waals surface area contributed by atoms with Crippen molar-refractivity contribution >= 4 is 6.03 Å². The zero-order chi connectivity index (χ0) is 18.0. The summed E-state index contributed by atoms with van der Waals surface area (Å²) in [7, 11) is 0. The molecule has 0 spiro atoms. The first-order chi connectivity index (χ1) is 12.7. The van der Waals surface area contributed by atoms with Gasteiger partial charge in [0.25, 0.3) is 0 Å². The van der Waals surface area contributed by atoms with Crippen molar-refractivity contribution in [3.8, 4) is 11.5 Å². The number of carbonyl (C=O) groups excluding carboxylic acids is 1. The van der Waals surface area contributed by atoms with E-state index in [1.807, 2.05) is 31.2 Å². The van der Waals surface area contributed by atoms with Crippen LogP contribution in [0.4, 0.5) is 4.79 Å². The third-order valence-electron chi connectivity index (χ3n) is 5.24. The maximum Gasteiger partial charge on any atom is 0.315 e. The standard InChI is InChI=1S/C21H24N2O3/c1-15(16-7-8-18-19(13-16)26-12-11-25-18)23-20(24)22-14-21(9-10-21)17-5-3-2-4-6-17/h2-8,13,15H,9-12,14H2,1H3,(H2,22,23,24). The Morgan fingerprint density at radius 3 is 2.54 bits per heavy atom. The molecule has 0 saturated heterocycles. The van der Waals surface area contributed by atoms with E-state index in [1.54, 1.807) is 0 Å². The number of rotatable bonds is 5. The van der Waals surface area contributed by atoms with E-state index in [1.165, 1.54) is 5.56 Å². The van der Waals surface area contributed by atoms with Crippen LogP contribution >= 0.6 is 0 Å². The predicted octanol–water partition coefficient (Wildman–Crippen LogP) is 3.55. The third-order valence-corrected chi connectivity index (χ3v) is 5.24. The highest BCUT2D eigenvalue weighted by Crippen LogP contribution is 2.47. The molecule has 0 bridgehead atoms. The van der Waals surface area contributed by atoms with Crippen LogP contribution < -0.4 is 20.1 Å². The van der Waals surface area contributed by atoms with Gasteiger partial charge in [0.15, 0.2) is 11.5 Å². The topological polar surface area (TPSA) is 59.6 Å². The van der Waals surface area contributed by atoms with Gasteiger partial charge in [-0.25, -0.2) is 4.79 Å². The number of ether oxygens (including phenoxy) is 2. The summed E-state index contributed by atoms with van der Waals surface area (Å²) in [5.74, 6) is 1.50. The maximum absolute atomic E-state index is 12.3. The molecule has 1 heterocycles. The molecule has 2 aromatic rings. The van der Waals surface area contributed by atoms with Crippen LogP contribution in [0.15, 0.2) is 48.5 Å². The zero-order valence-corrected chi connectivity index (χ0v) is 15.0. The summed E-state index contributed by atoms with van der Waals surface area (Å²) in [5, 5.41) is 6.05. The number of hydrogen-bond donors (Lipinski definition) is 2. The molecule has 0 radical (unpaired) electrons. The number of carbonyl (C=O) groups is 1. The molecule has 1 aliphatic carbocycles. The van der Waals surface area contributed by atoms with Crippen molar-refractivity contribution in [1.82, 2.24) is 10.6 Å². The third kappa shape index (κ3) is 3.47. The number of amides is 2. The highest BCUT2D eigenvalue weighted by molar-refractivity contribution is 5.74. The summed E-state index contributed by atoms with van der Waals surface area (Å²) in [4.78, 5) is 12.3. The van der Waals surface area contributed by atoms with E-state index in [0.717, 1.165) is 29.9 Å². The van der Waals surface area contributed by atoms with Crippen molar-refractivity contribution in [3.63, 3.8) is 0 Å². The van der Waals surface area contributed by atoms with Gasteiger partial charge in [0.2, 0.25) is 0 Å². The zero-order valence-electron chi connectivity index (χ0n) is 15.0. The Morgan fingerprint density at radius 2 is 1.81 bits per heavy atom. The van der Waals surface area contributed by atoms with Crippen LogP contribution in [0.5, 0.6) is 11.5 Å². The van der Waals surface area contributed by atoms with Gasteiger partial charge in [0, 0.05) is 12.0 Å². The summed E-state index contributed by atoms with van der Waals surface area (Å²) in [6.45, 7) is 3.76. The number of hydrogen-bond acceptors (Lipinski definition) is 3. The Bertz CT molecular complexity index is 787. The molecule has 5 heteroatoms. The molecule has 4 rings (SSSR count). The van der Waals surface area contributed by atoms with Crippen LogP contribution in [0, 0.1) is 0 Å². The summed E-state index contributed by atoms with van der Waals surface area (Å²) < 4.78 is 11.2. The van der Waals surface area contributed by atoms with Crippen molar-refractivity contribution in [2.24, 2.45) is 0 Å². The minimum Gasteiger partial charge on any atom is -0.486 e. The first kappa shape index (κ1) is 16.8. The summed E-state index contributed by atoms with van der Waals surface area (Å²) in [6, 6.07) is 16.0. The molecular formula is C21H24N2O3. The van der Waals surface area contributed by atoms with Crippen molar-refractivity contribution in [2.45, 2.75) is 31.2 Å². The van der Waals surface area contributed by atoms with E-state index in [2.05, 4.69) is 34.9 Å². The van der Waals surface area contributed by atoms with E-state index in [-0.39, 0.29) is 17.5 Å². The molecule has 1 atom stereocenters. The van der Waals surface area contributed by atoms with Crippen molar-refractivity contribution in [2.75, 3.05) is 19.8 Å². The molecule has 1 saturated carbocycles. The Balaban J connectivity index is 1.33. The predicted molar refractivity (Wildman–Crippen MR) is 99.7 cm³/mol. The van der Waals surface area contributed by atoms with Crippen molar-refractivity contribution in [3.05, 3.63) is 59.7 Å². The van der Waals surface area contributed by atoms with Gasteiger partial charge in [-0.2, -0.15) is 0 Å². The van der Waals surface area contributed by atoms with Gasteiger partial charge in [-0.15, -0.1) is 0 Å². The Kier molecular flexibility index (Phi) is 4.45. The molecule has 1 unspecified atom stereocenters. The second kappa shape index (κ2) is 6.90. The Hall–Kier alpha value is -2.69. The lowest BCUT2D eigenvalue weighted by Gasteiger charge is -2.22. The Labute approximate surface area is 153 Å². The fourth-order valence-electron chi connectivity index (χ4n) is 3.42. The lowest BCUT2D eigenvalue weighted by atomic mass is 9.96.